The summed E-state index contributed by atoms with van der Waals surface area (Å²) >= 11 is 0. The standard InChI is InChI=1S/C25H30FNO2/c1-25(2,24(28)29)16-27-13-11-18(12-14-27)23-21-6-4-3-5-17(21)7-8-19-15-20(26)9-10-22(19)23/h3-6,9-10,15,18,23H,7-8,11-14,16H2,1-2H3,(H,28,29). The van der Waals surface area contributed by atoms with E-state index in [0.717, 1.165) is 44.3 Å². The zero-order chi connectivity index (χ0) is 20.6. The van der Waals surface area contributed by atoms with Gasteiger partial charge in [0.05, 0.1) is 5.41 Å². The summed E-state index contributed by atoms with van der Waals surface area (Å²) in [6.07, 6.45) is 3.90. The summed E-state index contributed by atoms with van der Waals surface area (Å²) in [4.78, 5) is 13.8. The minimum Gasteiger partial charge on any atom is -0.481 e. The van der Waals surface area contributed by atoms with Gasteiger partial charge in [-0.3, -0.25) is 4.79 Å². The molecule has 1 fully saturated rings. The number of likely N-dealkylation sites (tertiary alicyclic amines) is 1. The van der Waals surface area contributed by atoms with Crippen molar-refractivity contribution in [2.45, 2.75) is 45.4 Å². The van der Waals surface area contributed by atoms with E-state index in [0.29, 0.717) is 18.4 Å². The van der Waals surface area contributed by atoms with Crippen molar-refractivity contribution in [3.05, 3.63) is 70.5 Å². The third-order valence-electron chi connectivity index (χ3n) is 6.80. The lowest BCUT2D eigenvalue weighted by Gasteiger charge is -2.39. The molecule has 1 aliphatic carbocycles. The lowest BCUT2D eigenvalue weighted by molar-refractivity contribution is -0.148. The largest absolute Gasteiger partial charge is 0.481 e. The Labute approximate surface area is 172 Å². The Hall–Kier alpha value is -2.20. The van der Waals surface area contributed by atoms with Gasteiger partial charge in [0, 0.05) is 12.5 Å². The van der Waals surface area contributed by atoms with Gasteiger partial charge >= 0.3 is 5.97 Å². The first-order valence-electron chi connectivity index (χ1n) is 10.7. The van der Waals surface area contributed by atoms with E-state index in [1.165, 1.54) is 16.7 Å². The molecule has 0 radical (unpaired) electrons. The van der Waals surface area contributed by atoms with Gasteiger partial charge in [-0.2, -0.15) is 0 Å². The molecule has 1 atom stereocenters. The summed E-state index contributed by atoms with van der Waals surface area (Å²) in [6, 6.07) is 14.0. The molecule has 1 saturated heterocycles. The predicted molar refractivity (Wildman–Crippen MR) is 113 cm³/mol. The van der Waals surface area contributed by atoms with Crippen molar-refractivity contribution in [2.75, 3.05) is 19.6 Å². The van der Waals surface area contributed by atoms with Crippen LogP contribution in [0.1, 0.15) is 54.9 Å². The fourth-order valence-corrected chi connectivity index (χ4v) is 5.18. The Kier molecular flexibility index (Phi) is 5.48. The maximum absolute atomic E-state index is 13.9. The SMILES string of the molecule is CC(C)(CN1CCC(C2c3ccccc3CCc3cc(F)ccc32)CC1)C(=O)O. The topological polar surface area (TPSA) is 40.5 Å². The number of carboxylic acid groups (broad SMARTS) is 1. The summed E-state index contributed by atoms with van der Waals surface area (Å²) in [5.41, 5.74) is 4.46. The summed E-state index contributed by atoms with van der Waals surface area (Å²) in [6.45, 7) is 6.01. The van der Waals surface area contributed by atoms with Gasteiger partial charge in [-0.15, -0.1) is 0 Å². The Morgan fingerprint density at radius 2 is 1.72 bits per heavy atom. The lowest BCUT2D eigenvalue weighted by atomic mass is 9.74. The number of nitrogens with zero attached hydrogens (tertiary/aromatic N) is 1. The van der Waals surface area contributed by atoms with E-state index in [1.807, 2.05) is 6.07 Å². The number of fused-ring (bicyclic) bond motifs is 2. The van der Waals surface area contributed by atoms with Gasteiger partial charge in [0.1, 0.15) is 5.82 Å². The normalized spacial score (nSPS) is 20.6. The number of hydrogen-bond acceptors (Lipinski definition) is 2. The highest BCUT2D eigenvalue weighted by molar-refractivity contribution is 5.73. The van der Waals surface area contributed by atoms with Gasteiger partial charge in [0.2, 0.25) is 0 Å². The molecule has 0 saturated carbocycles. The molecule has 0 bridgehead atoms. The van der Waals surface area contributed by atoms with E-state index >= 15 is 0 Å². The monoisotopic (exact) mass is 395 g/mol. The maximum atomic E-state index is 13.9. The minimum absolute atomic E-state index is 0.154. The van der Waals surface area contributed by atoms with Crippen LogP contribution in [0.15, 0.2) is 42.5 Å². The molecule has 2 aromatic rings. The molecule has 2 aromatic carbocycles. The summed E-state index contributed by atoms with van der Waals surface area (Å²) in [7, 11) is 0. The van der Waals surface area contributed by atoms with E-state index < -0.39 is 11.4 Å². The third kappa shape index (κ3) is 4.09. The molecule has 2 aliphatic rings. The van der Waals surface area contributed by atoms with Crippen molar-refractivity contribution in [3.63, 3.8) is 0 Å². The van der Waals surface area contributed by atoms with E-state index in [1.54, 1.807) is 26.0 Å². The van der Waals surface area contributed by atoms with E-state index in [2.05, 4.69) is 29.2 Å². The fourth-order valence-electron chi connectivity index (χ4n) is 5.18. The Balaban J connectivity index is 1.60. The summed E-state index contributed by atoms with van der Waals surface area (Å²) < 4.78 is 13.9. The highest BCUT2D eigenvalue weighted by Crippen LogP contribution is 2.43. The molecule has 4 rings (SSSR count). The average molecular weight is 396 g/mol. The van der Waals surface area contributed by atoms with Crippen molar-refractivity contribution in [1.82, 2.24) is 4.90 Å². The Morgan fingerprint density at radius 3 is 2.45 bits per heavy atom. The number of hydrogen-bond donors (Lipinski definition) is 1. The molecule has 1 N–H and O–H groups in total. The molecule has 154 valence electrons. The van der Waals surface area contributed by atoms with Crippen LogP contribution in [0.2, 0.25) is 0 Å². The van der Waals surface area contributed by atoms with Crippen LogP contribution in [0.4, 0.5) is 4.39 Å². The molecule has 1 heterocycles. The van der Waals surface area contributed by atoms with E-state index in [-0.39, 0.29) is 5.82 Å². The number of rotatable bonds is 4. The van der Waals surface area contributed by atoms with Crippen LogP contribution in [0, 0.1) is 17.2 Å². The quantitative estimate of drug-likeness (QED) is 0.802. The Bertz CT molecular complexity index is 899. The number of carbonyl (C=O) groups is 1. The van der Waals surface area contributed by atoms with Crippen molar-refractivity contribution in [1.29, 1.82) is 0 Å². The number of carboxylic acids is 1. The molecule has 1 unspecified atom stereocenters. The van der Waals surface area contributed by atoms with E-state index in [4.69, 9.17) is 0 Å². The van der Waals surface area contributed by atoms with Crippen LogP contribution in [0.3, 0.4) is 0 Å². The smallest absolute Gasteiger partial charge is 0.310 e. The number of piperidine rings is 1. The second kappa shape index (κ2) is 7.91. The van der Waals surface area contributed by atoms with Gasteiger partial charge in [0.25, 0.3) is 0 Å². The van der Waals surface area contributed by atoms with Crippen LogP contribution in [0.5, 0.6) is 0 Å². The molecule has 29 heavy (non-hydrogen) atoms. The number of halogens is 1. The van der Waals surface area contributed by atoms with Crippen molar-refractivity contribution < 1.29 is 14.3 Å². The van der Waals surface area contributed by atoms with Crippen molar-refractivity contribution in [2.24, 2.45) is 11.3 Å². The zero-order valence-electron chi connectivity index (χ0n) is 17.3. The van der Waals surface area contributed by atoms with Crippen LogP contribution in [-0.4, -0.2) is 35.6 Å². The highest BCUT2D eigenvalue weighted by atomic mass is 19.1. The van der Waals surface area contributed by atoms with Gasteiger partial charge < -0.3 is 10.0 Å². The number of aliphatic carboxylic acids is 1. The van der Waals surface area contributed by atoms with Gasteiger partial charge in [0.15, 0.2) is 0 Å². The summed E-state index contributed by atoms with van der Waals surface area (Å²) in [5, 5.41) is 9.44. The van der Waals surface area contributed by atoms with Crippen LogP contribution in [0.25, 0.3) is 0 Å². The van der Waals surface area contributed by atoms with Crippen LogP contribution in [-0.2, 0) is 17.6 Å². The summed E-state index contributed by atoms with van der Waals surface area (Å²) in [5.74, 6) is -0.117. The highest BCUT2D eigenvalue weighted by Gasteiger charge is 2.35. The number of aryl methyl sites for hydroxylation is 2. The molecular formula is C25H30FNO2. The molecule has 0 aromatic heterocycles. The Morgan fingerprint density at radius 1 is 1.07 bits per heavy atom. The van der Waals surface area contributed by atoms with Gasteiger partial charge in [-0.25, -0.2) is 4.39 Å². The third-order valence-corrected chi connectivity index (χ3v) is 6.80. The second-order valence-corrected chi connectivity index (χ2v) is 9.32. The zero-order valence-corrected chi connectivity index (χ0v) is 17.3. The molecular weight excluding hydrogens is 365 g/mol. The van der Waals surface area contributed by atoms with E-state index in [9.17, 15) is 14.3 Å². The van der Waals surface area contributed by atoms with Crippen molar-refractivity contribution >= 4 is 5.97 Å². The van der Waals surface area contributed by atoms with Gasteiger partial charge in [-0.05, 0) is 92.9 Å². The molecule has 0 amide bonds. The average Bonchev–Trinajstić information content (AvgIpc) is 2.85. The van der Waals surface area contributed by atoms with Crippen molar-refractivity contribution in [3.8, 4) is 0 Å². The lowest BCUT2D eigenvalue weighted by Crippen LogP contribution is -2.43. The van der Waals surface area contributed by atoms with Crippen LogP contribution >= 0.6 is 0 Å². The fraction of sp³-hybridized carbons (Fsp3) is 0.480. The number of benzene rings is 2. The molecule has 0 spiro atoms. The predicted octanol–water partition coefficient (Wildman–Crippen LogP) is 4.88. The second-order valence-electron chi connectivity index (χ2n) is 9.32. The van der Waals surface area contributed by atoms with Crippen LogP contribution < -0.4 is 0 Å². The first kappa shape index (κ1) is 20.1. The molecule has 1 aliphatic heterocycles. The maximum Gasteiger partial charge on any atom is 0.310 e. The first-order valence-corrected chi connectivity index (χ1v) is 10.7. The van der Waals surface area contributed by atoms with Gasteiger partial charge in [-0.1, -0.05) is 30.3 Å². The molecule has 4 heteroatoms. The first-order chi connectivity index (χ1) is 13.8. The molecule has 3 nitrogen and oxygen atoms in total. The minimum atomic E-state index is -0.742.